The van der Waals surface area contributed by atoms with E-state index in [0.29, 0.717) is 16.7 Å². The van der Waals surface area contributed by atoms with Gasteiger partial charge in [-0.2, -0.15) is 0 Å². The fourth-order valence-electron chi connectivity index (χ4n) is 7.35. The summed E-state index contributed by atoms with van der Waals surface area (Å²) in [5.74, 6) is 0. The van der Waals surface area contributed by atoms with E-state index in [4.69, 9.17) is 4.42 Å². The predicted octanol–water partition coefficient (Wildman–Crippen LogP) is 12.9. The fraction of sp³-hybridized carbons (Fsp3) is 0. The number of hydrogen-bond donors (Lipinski definition) is 0. The molecule has 10 rings (SSSR count). The Morgan fingerprint density at radius 1 is 0.469 bits per heavy atom. The van der Waals surface area contributed by atoms with Crippen LogP contribution in [0.15, 0.2) is 174 Å². The van der Waals surface area contributed by atoms with Crippen LogP contribution >= 0.6 is 0 Å². The smallest absolute Gasteiger partial charge is 0.137 e. The SMILES string of the molecule is [2H]/C(=C(/[2H])c1cc2ccc3cccc4c3c2c(c1)n4-c1ccccc1)c1ccc2c(c1)oc1cc(N(c3ccccc3)c3ccccc3)ccc12. The van der Waals surface area contributed by atoms with Crippen LogP contribution in [0.1, 0.15) is 13.9 Å². The molecule has 0 radical (unpaired) electrons. The summed E-state index contributed by atoms with van der Waals surface area (Å²) in [5, 5.41) is 6.63. The van der Waals surface area contributed by atoms with Gasteiger partial charge < -0.3 is 13.9 Å². The molecule has 3 nitrogen and oxygen atoms in total. The highest BCUT2D eigenvalue weighted by molar-refractivity contribution is 6.24. The maximum absolute atomic E-state index is 9.31. The van der Waals surface area contributed by atoms with E-state index in [2.05, 4.69) is 113 Å². The van der Waals surface area contributed by atoms with Crippen LogP contribution in [0.3, 0.4) is 0 Å². The van der Waals surface area contributed by atoms with Crippen molar-refractivity contribution in [1.29, 1.82) is 0 Å². The van der Waals surface area contributed by atoms with Gasteiger partial charge in [0.1, 0.15) is 11.2 Å². The first-order chi connectivity index (χ1) is 25.1. The summed E-state index contributed by atoms with van der Waals surface area (Å²) in [4.78, 5) is 2.21. The largest absolute Gasteiger partial charge is 0.456 e. The van der Waals surface area contributed by atoms with Gasteiger partial charge in [0.05, 0.1) is 13.8 Å². The lowest BCUT2D eigenvalue weighted by atomic mass is 10.00. The van der Waals surface area contributed by atoms with Crippen molar-refractivity contribution in [3.05, 3.63) is 181 Å². The minimum absolute atomic E-state index is 0.145. The molecule has 0 atom stereocenters. The van der Waals surface area contributed by atoms with Gasteiger partial charge in [-0.25, -0.2) is 0 Å². The summed E-state index contributed by atoms with van der Waals surface area (Å²) in [7, 11) is 0. The number of fused-ring (bicyclic) bond motifs is 3. The van der Waals surface area contributed by atoms with Crippen LogP contribution < -0.4 is 4.90 Å². The number of rotatable bonds is 6. The van der Waals surface area contributed by atoms with E-state index in [9.17, 15) is 2.74 Å². The number of benzene rings is 8. The van der Waals surface area contributed by atoms with Crippen molar-refractivity contribution in [2.75, 3.05) is 4.90 Å². The molecule has 0 saturated carbocycles. The predicted molar refractivity (Wildman–Crippen MR) is 207 cm³/mol. The summed E-state index contributed by atoms with van der Waals surface area (Å²) in [5.41, 5.74) is 9.12. The maximum Gasteiger partial charge on any atom is 0.137 e. The third-order valence-corrected chi connectivity index (χ3v) is 9.51. The van der Waals surface area contributed by atoms with Crippen molar-refractivity contribution in [2.45, 2.75) is 0 Å². The lowest BCUT2D eigenvalue weighted by Crippen LogP contribution is -2.09. The zero-order chi connectivity index (χ0) is 34.1. The highest BCUT2D eigenvalue weighted by Crippen LogP contribution is 2.41. The van der Waals surface area contributed by atoms with Crippen molar-refractivity contribution in [3.8, 4) is 5.69 Å². The number of anilines is 3. The Morgan fingerprint density at radius 2 is 1.10 bits per heavy atom. The third-order valence-electron chi connectivity index (χ3n) is 9.51. The molecular formula is C46H30N2O. The van der Waals surface area contributed by atoms with Gasteiger partial charge in [0.25, 0.3) is 0 Å². The lowest BCUT2D eigenvalue weighted by molar-refractivity contribution is 0.669. The molecule has 0 aliphatic carbocycles. The van der Waals surface area contributed by atoms with Crippen LogP contribution in [0.5, 0.6) is 0 Å². The minimum atomic E-state index is 0.145. The first-order valence-corrected chi connectivity index (χ1v) is 16.5. The van der Waals surface area contributed by atoms with Crippen molar-refractivity contribution >= 4 is 83.7 Å². The van der Waals surface area contributed by atoms with E-state index in [0.717, 1.165) is 55.5 Å². The van der Waals surface area contributed by atoms with E-state index in [1.54, 1.807) is 0 Å². The maximum atomic E-state index is 9.31. The molecule has 0 spiro atoms. The van der Waals surface area contributed by atoms with Crippen molar-refractivity contribution in [1.82, 2.24) is 4.57 Å². The number of para-hydroxylation sites is 3. The second kappa shape index (κ2) is 11.0. The van der Waals surface area contributed by atoms with Crippen LogP contribution in [0.2, 0.25) is 0 Å². The van der Waals surface area contributed by atoms with Gasteiger partial charge in [0.2, 0.25) is 0 Å². The van der Waals surface area contributed by atoms with Crippen LogP contribution in [0.4, 0.5) is 17.1 Å². The molecule has 8 aromatic carbocycles. The molecule has 10 aromatic rings. The van der Waals surface area contributed by atoms with Gasteiger partial charge in [-0.05, 0) is 101 Å². The molecule has 0 fully saturated rings. The quantitative estimate of drug-likeness (QED) is 0.135. The fourth-order valence-corrected chi connectivity index (χ4v) is 7.35. The highest BCUT2D eigenvalue weighted by atomic mass is 16.3. The van der Waals surface area contributed by atoms with E-state index in [1.165, 1.54) is 16.2 Å². The lowest BCUT2D eigenvalue weighted by Gasteiger charge is -2.25. The summed E-state index contributed by atoms with van der Waals surface area (Å²) in [6.45, 7) is 0. The second-order valence-corrected chi connectivity index (χ2v) is 12.5. The Balaban J connectivity index is 1.09. The van der Waals surface area contributed by atoms with Gasteiger partial charge in [0.15, 0.2) is 0 Å². The zero-order valence-corrected chi connectivity index (χ0v) is 26.5. The Bertz CT molecular complexity index is 2890. The summed E-state index contributed by atoms with van der Waals surface area (Å²) in [6, 6.07) is 58.2. The van der Waals surface area contributed by atoms with Gasteiger partial charge in [-0.3, -0.25) is 0 Å². The van der Waals surface area contributed by atoms with Crippen LogP contribution in [0, 0.1) is 0 Å². The molecule has 0 N–H and O–H groups in total. The zero-order valence-electron chi connectivity index (χ0n) is 28.5. The van der Waals surface area contributed by atoms with Crippen molar-refractivity contribution in [2.24, 2.45) is 0 Å². The molecule has 0 amide bonds. The number of hydrogen-bond acceptors (Lipinski definition) is 2. The topological polar surface area (TPSA) is 21.3 Å². The third kappa shape index (κ3) is 4.51. The molecule has 2 aromatic heterocycles. The van der Waals surface area contributed by atoms with Crippen LogP contribution in [-0.2, 0) is 0 Å². The van der Waals surface area contributed by atoms with Crippen molar-refractivity contribution < 1.29 is 7.16 Å². The van der Waals surface area contributed by atoms with E-state index in [-0.39, 0.29) is 12.1 Å². The first-order valence-electron chi connectivity index (χ1n) is 17.5. The summed E-state index contributed by atoms with van der Waals surface area (Å²) < 4.78 is 27.3. The molecule has 49 heavy (non-hydrogen) atoms. The molecular weight excluding hydrogens is 597 g/mol. The van der Waals surface area contributed by atoms with E-state index in [1.807, 2.05) is 66.7 Å². The van der Waals surface area contributed by atoms with Gasteiger partial charge in [0, 0.05) is 50.4 Å². The minimum Gasteiger partial charge on any atom is -0.456 e. The summed E-state index contributed by atoms with van der Waals surface area (Å²) in [6.07, 6.45) is 0. The Morgan fingerprint density at radius 3 is 1.86 bits per heavy atom. The molecule has 0 unspecified atom stereocenters. The van der Waals surface area contributed by atoms with Gasteiger partial charge in [-0.1, -0.05) is 97.0 Å². The molecule has 3 heteroatoms. The summed E-state index contributed by atoms with van der Waals surface area (Å²) >= 11 is 0. The average molecular weight is 629 g/mol. The first kappa shape index (κ1) is 25.5. The standard InChI is InChI=1S/C46H30N2O/c1-4-12-35(13-5-1)47(36-14-6-2-7-15-36)38-24-26-40-39-25-21-31(29-43(39)49-44(40)30-38)19-20-32-27-34-23-22-33-11-10-18-41-45(33)46(34)42(28-32)48(41)37-16-8-3-9-17-37/h1-30H/b20-19+/i19D,20D. The Hall–Kier alpha value is -6.58. The van der Waals surface area contributed by atoms with E-state index < -0.39 is 0 Å². The average Bonchev–Trinajstić information content (AvgIpc) is 3.73. The molecule has 2 heterocycles. The number of nitrogens with zero attached hydrogens (tertiary/aromatic N) is 2. The normalized spacial score (nSPS) is 13.0. The second-order valence-electron chi connectivity index (χ2n) is 12.5. The highest BCUT2D eigenvalue weighted by Gasteiger charge is 2.18. The Kier molecular flexibility index (Phi) is 5.73. The van der Waals surface area contributed by atoms with Gasteiger partial charge >= 0.3 is 0 Å². The number of aromatic nitrogens is 1. The van der Waals surface area contributed by atoms with Crippen molar-refractivity contribution in [3.63, 3.8) is 0 Å². The van der Waals surface area contributed by atoms with Crippen LogP contribution in [-0.4, -0.2) is 4.57 Å². The molecule has 0 aliphatic heterocycles. The Labute approximate surface area is 286 Å². The van der Waals surface area contributed by atoms with E-state index >= 15 is 0 Å². The molecule has 230 valence electrons. The van der Waals surface area contributed by atoms with Gasteiger partial charge in [-0.15, -0.1) is 0 Å². The molecule has 0 saturated heterocycles. The number of furan rings is 1. The molecule has 0 aliphatic rings. The van der Waals surface area contributed by atoms with Crippen LogP contribution in [0.25, 0.3) is 72.3 Å². The monoisotopic (exact) mass is 628 g/mol. The molecule has 0 bridgehead atoms.